The van der Waals surface area contributed by atoms with Crippen LogP contribution in [0.3, 0.4) is 0 Å². The molecule has 0 atom stereocenters. The van der Waals surface area contributed by atoms with Gasteiger partial charge in [0.05, 0.1) is 4.90 Å². The molecule has 118 valence electrons. The molecule has 0 aliphatic carbocycles. The zero-order valence-corrected chi connectivity index (χ0v) is 13.6. The van der Waals surface area contributed by atoms with Crippen LogP contribution >= 0.6 is 0 Å². The Morgan fingerprint density at radius 3 is 2.48 bits per heavy atom. The predicted molar refractivity (Wildman–Crippen MR) is 85.7 cm³/mol. The summed E-state index contributed by atoms with van der Waals surface area (Å²) >= 11 is 0. The Labute approximate surface area is 127 Å². The third-order valence-electron chi connectivity index (χ3n) is 4.17. The lowest BCUT2D eigenvalue weighted by molar-refractivity contribution is 0.217. The van der Waals surface area contributed by atoms with E-state index in [0.717, 1.165) is 44.5 Å². The third kappa shape index (κ3) is 3.96. The number of piperidine rings is 1. The van der Waals surface area contributed by atoms with Gasteiger partial charge >= 0.3 is 0 Å². The molecule has 3 N–H and O–H groups in total. The molecule has 0 aromatic heterocycles. The zero-order chi connectivity index (χ0) is 15.5. The van der Waals surface area contributed by atoms with Gasteiger partial charge in [-0.25, -0.2) is 13.1 Å². The van der Waals surface area contributed by atoms with Crippen molar-refractivity contribution in [2.45, 2.75) is 44.0 Å². The maximum Gasteiger partial charge on any atom is 0.240 e. The number of nitrogen functional groups attached to an aromatic ring is 1. The van der Waals surface area contributed by atoms with Crippen molar-refractivity contribution in [2.24, 2.45) is 0 Å². The second kappa shape index (κ2) is 6.77. The smallest absolute Gasteiger partial charge is 0.240 e. The maximum atomic E-state index is 12.4. The average Bonchev–Trinajstić information content (AvgIpc) is 2.47. The lowest BCUT2D eigenvalue weighted by Gasteiger charge is -2.31. The average molecular weight is 311 g/mol. The first-order valence-corrected chi connectivity index (χ1v) is 9.07. The van der Waals surface area contributed by atoms with Crippen molar-refractivity contribution < 1.29 is 8.42 Å². The second-order valence-corrected chi connectivity index (χ2v) is 7.26. The summed E-state index contributed by atoms with van der Waals surface area (Å²) in [7, 11) is -3.48. The molecular weight excluding hydrogens is 286 g/mol. The van der Waals surface area contributed by atoms with Crippen LogP contribution in [0.2, 0.25) is 0 Å². The molecule has 1 aromatic rings. The monoisotopic (exact) mass is 311 g/mol. The number of benzene rings is 1. The first-order chi connectivity index (χ1) is 9.96. The summed E-state index contributed by atoms with van der Waals surface area (Å²) in [6.07, 6.45) is 2.51. The van der Waals surface area contributed by atoms with Crippen LogP contribution < -0.4 is 10.5 Å². The van der Waals surface area contributed by atoms with Gasteiger partial charge in [0.15, 0.2) is 0 Å². The van der Waals surface area contributed by atoms with Crippen molar-refractivity contribution >= 4 is 15.7 Å². The van der Waals surface area contributed by atoms with E-state index in [9.17, 15) is 8.42 Å². The Balaban J connectivity index is 2.07. The van der Waals surface area contributed by atoms with Gasteiger partial charge in [-0.1, -0.05) is 19.9 Å². The molecule has 0 saturated carbocycles. The number of nitrogens with zero attached hydrogens (tertiary/aromatic N) is 1. The second-order valence-electron chi connectivity index (χ2n) is 5.54. The summed E-state index contributed by atoms with van der Waals surface area (Å²) in [6, 6.07) is 5.01. The molecule has 1 aliphatic rings. The van der Waals surface area contributed by atoms with E-state index >= 15 is 0 Å². The van der Waals surface area contributed by atoms with Crippen LogP contribution in [0.15, 0.2) is 23.1 Å². The number of hydrogen-bond acceptors (Lipinski definition) is 4. The van der Waals surface area contributed by atoms with Gasteiger partial charge in [0.25, 0.3) is 0 Å². The van der Waals surface area contributed by atoms with E-state index in [1.165, 1.54) is 0 Å². The zero-order valence-electron chi connectivity index (χ0n) is 12.8. The highest BCUT2D eigenvalue weighted by atomic mass is 32.2. The quantitative estimate of drug-likeness (QED) is 0.810. The Kier molecular flexibility index (Phi) is 5.24. The van der Waals surface area contributed by atoms with E-state index in [4.69, 9.17) is 5.73 Å². The summed E-state index contributed by atoms with van der Waals surface area (Å²) in [4.78, 5) is 2.59. The molecule has 1 heterocycles. The molecule has 6 heteroatoms. The molecule has 0 amide bonds. The predicted octanol–water partition coefficient (Wildman–Crippen LogP) is 1.59. The lowest BCUT2D eigenvalue weighted by Crippen LogP contribution is -2.44. The topological polar surface area (TPSA) is 75.4 Å². The molecule has 1 aromatic carbocycles. The first kappa shape index (κ1) is 16.3. The summed E-state index contributed by atoms with van der Waals surface area (Å²) in [5, 5.41) is 0. The van der Waals surface area contributed by atoms with Crippen LogP contribution in [0.25, 0.3) is 0 Å². The van der Waals surface area contributed by atoms with Crippen molar-refractivity contribution in [2.75, 3.05) is 25.4 Å². The lowest BCUT2D eigenvalue weighted by atomic mass is 10.1. The number of hydrogen-bond donors (Lipinski definition) is 2. The van der Waals surface area contributed by atoms with Gasteiger partial charge in [0, 0.05) is 11.7 Å². The van der Waals surface area contributed by atoms with E-state index in [1.807, 2.05) is 6.92 Å². The number of nitrogens with one attached hydrogen (secondary N) is 1. The van der Waals surface area contributed by atoms with Crippen molar-refractivity contribution in [1.29, 1.82) is 0 Å². The van der Waals surface area contributed by atoms with Gasteiger partial charge in [-0.3, -0.25) is 0 Å². The molecule has 0 spiro atoms. The van der Waals surface area contributed by atoms with Crippen LogP contribution in [0.1, 0.15) is 32.3 Å². The summed E-state index contributed by atoms with van der Waals surface area (Å²) in [6.45, 7) is 7.04. The number of likely N-dealkylation sites (tertiary alicyclic amines) is 1. The fraction of sp³-hybridized carbons (Fsp3) is 0.600. The Hall–Kier alpha value is -1.11. The minimum Gasteiger partial charge on any atom is -0.398 e. The summed E-state index contributed by atoms with van der Waals surface area (Å²) in [5.41, 5.74) is 7.42. The number of aryl methyl sites for hydroxylation is 1. The molecule has 5 nitrogen and oxygen atoms in total. The highest BCUT2D eigenvalue weighted by molar-refractivity contribution is 7.89. The highest BCUT2D eigenvalue weighted by Crippen LogP contribution is 2.20. The molecule has 1 aliphatic heterocycles. The standard InChI is InChI=1S/C15H25N3O2S/c1-3-12-5-6-14(11-15(12)16)21(19,20)17-13-7-9-18(4-2)10-8-13/h5-6,11,13,17H,3-4,7-10,16H2,1-2H3. The van der Waals surface area contributed by atoms with E-state index in [2.05, 4.69) is 16.5 Å². The van der Waals surface area contributed by atoms with E-state index in [-0.39, 0.29) is 10.9 Å². The van der Waals surface area contributed by atoms with Gasteiger partial charge in [0.1, 0.15) is 0 Å². The Bertz CT molecular complexity index is 579. The Morgan fingerprint density at radius 1 is 1.29 bits per heavy atom. The normalized spacial score (nSPS) is 18.0. The van der Waals surface area contributed by atoms with Crippen LogP contribution in [0.4, 0.5) is 5.69 Å². The van der Waals surface area contributed by atoms with Gasteiger partial charge < -0.3 is 10.6 Å². The van der Waals surface area contributed by atoms with Gasteiger partial charge in [0.2, 0.25) is 10.0 Å². The number of anilines is 1. The highest BCUT2D eigenvalue weighted by Gasteiger charge is 2.24. The number of sulfonamides is 1. The van der Waals surface area contributed by atoms with Crippen molar-refractivity contribution in [1.82, 2.24) is 9.62 Å². The van der Waals surface area contributed by atoms with Crippen LogP contribution in [0.5, 0.6) is 0 Å². The van der Waals surface area contributed by atoms with E-state index in [1.54, 1.807) is 18.2 Å². The SMILES string of the molecule is CCc1ccc(S(=O)(=O)NC2CCN(CC)CC2)cc1N. The van der Waals surface area contributed by atoms with E-state index in [0.29, 0.717) is 5.69 Å². The fourth-order valence-corrected chi connectivity index (χ4v) is 4.06. The minimum absolute atomic E-state index is 0.0184. The van der Waals surface area contributed by atoms with Crippen LogP contribution in [-0.2, 0) is 16.4 Å². The van der Waals surface area contributed by atoms with Crippen molar-refractivity contribution in [3.05, 3.63) is 23.8 Å². The van der Waals surface area contributed by atoms with Crippen molar-refractivity contribution in [3.63, 3.8) is 0 Å². The first-order valence-electron chi connectivity index (χ1n) is 7.59. The molecule has 0 bridgehead atoms. The summed E-state index contributed by atoms with van der Waals surface area (Å²) < 4.78 is 27.7. The maximum absolute atomic E-state index is 12.4. The minimum atomic E-state index is -3.48. The molecule has 1 saturated heterocycles. The largest absolute Gasteiger partial charge is 0.398 e. The van der Waals surface area contributed by atoms with Crippen LogP contribution in [-0.4, -0.2) is 39.0 Å². The molecule has 21 heavy (non-hydrogen) atoms. The molecule has 0 unspecified atom stereocenters. The van der Waals surface area contributed by atoms with Gasteiger partial charge in [-0.15, -0.1) is 0 Å². The van der Waals surface area contributed by atoms with Crippen LogP contribution in [0, 0.1) is 0 Å². The summed E-state index contributed by atoms with van der Waals surface area (Å²) in [5.74, 6) is 0. The fourth-order valence-electron chi connectivity index (χ4n) is 2.72. The molecule has 0 radical (unpaired) electrons. The van der Waals surface area contributed by atoms with Gasteiger partial charge in [-0.05, 0) is 56.6 Å². The third-order valence-corrected chi connectivity index (χ3v) is 5.68. The Morgan fingerprint density at radius 2 is 1.95 bits per heavy atom. The number of rotatable bonds is 5. The molecule has 2 rings (SSSR count). The van der Waals surface area contributed by atoms with Gasteiger partial charge in [-0.2, -0.15) is 0 Å². The van der Waals surface area contributed by atoms with E-state index < -0.39 is 10.0 Å². The molecule has 1 fully saturated rings. The van der Waals surface area contributed by atoms with Crippen molar-refractivity contribution in [3.8, 4) is 0 Å². The molecular formula is C15H25N3O2S. The number of nitrogens with two attached hydrogens (primary N) is 1.